The topological polar surface area (TPSA) is 51.6 Å². The van der Waals surface area contributed by atoms with E-state index in [0.29, 0.717) is 5.82 Å². The zero-order chi connectivity index (χ0) is 34.7. The first kappa shape index (κ1) is 31.0. The van der Waals surface area contributed by atoms with Crippen LogP contribution < -0.4 is 0 Å². The lowest BCUT2D eigenvalue weighted by Gasteiger charge is -2.14. The fraction of sp³-hybridized carbons (Fsp3) is 0. The zero-order valence-electron chi connectivity index (χ0n) is 28.3. The highest BCUT2D eigenvalue weighted by Gasteiger charge is 2.15. The molecule has 6 aromatic carbocycles. The molecule has 244 valence electrons. The minimum absolute atomic E-state index is 0.699. The second-order valence-corrected chi connectivity index (χ2v) is 12.7. The van der Waals surface area contributed by atoms with Gasteiger partial charge in [0.2, 0.25) is 0 Å². The lowest BCUT2D eigenvalue weighted by molar-refractivity contribution is 1.18. The Morgan fingerprint density at radius 2 is 0.865 bits per heavy atom. The summed E-state index contributed by atoms with van der Waals surface area (Å²) in [6.07, 6.45) is 3.71. The third kappa shape index (κ3) is 6.14. The standard InChI is InChI=1S/C48H32N4/c1-3-12-33(13-4-1)37-16-11-17-38(30-37)46-31-47(52-48(51-46)36-14-5-2-6-15-36)43-27-26-40(41-18-7-8-19-42(41)43)35-23-21-34(22-24-35)39-25-28-45(50-32-39)44-20-9-10-29-49-44/h1-32H. The van der Waals surface area contributed by atoms with Crippen molar-refractivity contribution in [1.29, 1.82) is 0 Å². The van der Waals surface area contributed by atoms with Gasteiger partial charge in [-0.2, -0.15) is 0 Å². The number of pyridine rings is 2. The van der Waals surface area contributed by atoms with E-state index in [4.69, 9.17) is 9.97 Å². The largest absolute Gasteiger partial charge is 0.255 e. The highest BCUT2D eigenvalue weighted by atomic mass is 14.9. The molecule has 0 unspecified atom stereocenters. The van der Waals surface area contributed by atoms with E-state index < -0.39 is 0 Å². The van der Waals surface area contributed by atoms with Crippen LogP contribution in [0, 0.1) is 0 Å². The Hall–Kier alpha value is -7.04. The molecule has 0 aliphatic heterocycles. The third-order valence-corrected chi connectivity index (χ3v) is 9.44. The van der Waals surface area contributed by atoms with Crippen molar-refractivity contribution in [2.75, 3.05) is 0 Å². The van der Waals surface area contributed by atoms with Crippen molar-refractivity contribution >= 4 is 10.8 Å². The molecule has 4 heteroatoms. The van der Waals surface area contributed by atoms with Gasteiger partial charge in [0, 0.05) is 34.6 Å². The molecule has 9 rings (SSSR count). The van der Waals surface area contributed by atoms with Crippen LogP contribution in [0.15, 0.2) is 194 Å². The molecule has 3 aromatic heterocycles. The molecular weight excluding hydrogens is 633 g/mol. The van der Waals surface area contributed by atoms with Crippen molar-refractivity contribution in [1.82, 2.24) is 19.9 Å². The number of benzene rings is 6. The molecule has 0 aliphatic rings. The zero-order valence-corrected chi connectivity index (χ0v) is 28.3. The van der Waals surface area contributed by atoms with Crippen LogP contribution in [-0.4, -0.2) is 19.9 Å². The molecule has 0 amide bonds. The Morgan fingerprint density at radius 3 is 1.60 bits per heavy atom. The number of fused-ring (bicyclic) bond motifs is 1. The number of nitrogens with zero attached hydrogens (tertiary/aromatic N) is 4. The van der Waals surface area contributed by atoms with Gasteiger partial charge in [0.15, 0.2) is 5.82 Å². The molecule has 0 spiro atoms. The van der Waals surface area contributed by atoms with Crippen LogP contribution in [-0.2, 0) is 0 Å². The van der Waals surface area contributed by atoms with Gasteiger partial charge in [-0.1, -0.05) is 152 Å². The molecule has 0 fully saturated rings. The second-order valence-electron chi connectivity index (χ2n) is 12.7. The summed E-state index contributed by atoms with van der Waals surface area (Å²) in [6, 6.07) is 63.1. The van der Waals surface area contributed by atoms with E-state index in [1.165, 1.54) is 16.5 Å². The molecule has 0 aliphatic carbocycles. The van der Waals surface area contributed by atoms with Gasteiger partial charge < -0.3 is 0 Å². The SMILES string of the molecule is c1ccc(-c2cccc(-c3cc(-c4ccc(-c5ccc(-c6ccc(-c7ccccn7)nc6)cc5)c5ccccc45)nc(-c4ccccc4)n3)c2)cc1. The lowest BCUT2D eigenvalue weighted by Crippen LogP contribution is -1.97. The summed E-state index contributed by atoms with van der Waals surface area (Å²) in [5, 5.41) is 2.31. The highest BCUT2D eigenvalue weighted by Crippen LogP contribution is 2.38. The summed E-state index contributed by atoms with van der Waals surface area (Å²) in [5.41, 5.74) is 13.4. The fourth-order valence-corrected chi connectivity index (χ4v) is 6.78. The molecule has 0 radical (unpaired) electrons. The lowest BCUT2D eigenvalue weighted by atomic mass is 9.92. The second kappa shape index (κ2) is 13.7. The number of rotatable bonds is 7. The average molecular weight is 665 g/mol. The molecule has 52 heavy (non-hydrogen) atoms. The smallest absolute Gasteiger partial charge is 0.160 e. The van der Waals surface area contributed by atoms with E-state index in [9.17, 15) is 0 Å². The molecule has 0 saturated carbocycles. The monoisotopic (exact) mass is 664 g/mol. The Kier molecular flexibility index (Phi) is 8.16. The van der Waals surface area contributed by atoms with Crippen LogP contribution in [0.1, 0.15) is 0 Å². The van der Waals surface area contributed by atoms with Crippen LogP contribution in [0.2, 0.25) is 0 Å². The predicted molar refractivity (Wildman–Crippen MR) is 213 cm³/mol. The number of hydrogen-bond acceptors (Lipinski definition) is 4. The maximum atomic E-state index is 5.18. The predicted octanol–water partition coefficient (Wildman–Crippen LogP) is 12.1. The summed E-state index contributed by atoms with van der Waals surface area (Å²) < 4.78 is 0. The van der Waals surface area contributed by atoms with E-state index >= 15 is 0 Å². The van der Waals surface area contributed by atoms with Crippen LogP contribution in [0.25, 0.3) is 89.4 Å². The third-order valence-electron chi connectivity index (χ3n) is 9.44. The van der Waals surface area contributed by atoms with Crippen molar-refractivity contribution in [2.45, 2.75) is 0 Å². The Balaban J connectivity index is 1.10. The number of hydrogen-bond donors (Lipinski definition) is 0. The van der Waals surface area contributed by atoms with Gasteiger partial charge in [-0.15, -0.1) is 0 Å². The van der Waals surface area contributed by atoms with Crippen LogP contribution in [0.5, 0.6) is 0 Å². The van der Waals surface area contributed by atoms with Crippen LogP contribution >= 0.6 is 0 Å². The van der Waals surface area contributed by atoms with E-state index in [1.807, 2.05) is 54.7 Å². The van der Waals surface area contributed by atoms with Gasteiger partial charge in [0.1, 0.15) is 0 Å². The van der Waals surface area contributed by atoms with Gasteiger partial charge in [0.25, 0.3) is 0 Å². The molecular formula is C48H32N4. The molecule has 0 saturated heterocycles. The molecule has 4 nitrogen and oxygen atoms in total. The minimum atomic E-state index is 0.699. The number of aromatic nitrogens is 4. The van der Waals surface area contributed by atoms with Crippen LogP contribution in [0.3, 0.4) is 0 Å². The van der Waals surface area contributed by atoms with Crippen molar-refractivity contribution in [2.24, 2.45) is 0 Å². The Bertz CT molecular complexity index is 2640. The first-order chi connectivity index (χ1) is 25.8. The summed E-state index contributed by atoms with van der Waals surface area (Å²) in [4.78, 5) is 19.4. The summed E-state index contributed by atoms with van der Waals surface area (Å²) >= 11 is 0. The van der Waals surface area contributed by atoms with E-state index in [0.717, 1.165) is 67.1 Å². The first-order valence-electron chi connectivity index (χ1n) is 17.4. The Labute approximate surface area is 302 Å². The molecule has 0 atom stereocenters. The van der Waals surface area contributed by atoms with Crippen LogP contribution in [0.4, 0.5) is 0 Å². The van der Waals surface area contributed by atoms with Crippen molar-refractivity contribution in [3.8, 4) is 78.7 Å². The summed E-state index contributed by atoms with van der Waals surface area (Å²) in [6.45, 7) is 0. The fourth-order valence-electron chi connectivity index (χ4n) is 6.78. The van der Waals surface area contributed by atoms with E-state index in [-0.39, 0.29) is 0 Å². The van der Waals surface area contributed by atoms with Crippen molar-refractivity contribution < 1.29 is 0 Å². The van der Waals surface area contributed by atoms with Crippen molar-refractivity contribution in [3.63, 3.8) is 0 Å². The van der Waals surface area contributed by atoms with E-state index in [1.54, 1.807) is 6.20 Å². The summed E-state index contributed by atoms with van der Waals surface area (Å²) in [5.74, 6) is 0.699. The Morgan fingerprint density at radius 1 is 0.288 bits per heavy atom. The average Bonchev–Trinajstić information content (AvgIpc) is 3.24. The quantitative estimate of drug-likeness (QED) is 0.170. The summed E-state index contributed by atoms with van der Waals surface area (Å²) in [7, 11) is 0. The molecule has 0 N–H and O–H groups in total. The first-order valence-corrected chi connectivity index (χ1v) is 17.4. The maximum Gasteiger partial charge on any atom is 0.160 e. The van der Waals surface area contributed by atoms with Gasteiger partial charge >= 0.3 is 0 Å². The molecule has 0 bridgehead atoms. The van der Waals surface area contributed by atoms with Gasteiger partial charge in [-0.25, -0.2) is 9.97 Å². The van der Waals surface area contributed by atoms with Gasteiger partial charge in [-0.05, 0) is 68.9 Å². The highest BCUT2D eigenvalue weighted by molar-refractivity contribution is 6.05. The maximum absolute atomic E-state index is 5.18. The normalized spacial score (nSPS) is 11.1. The minimum Gasteiger partial charge on any atom is -0.255 e. The van der Waals surface area contributed by atoms with E-state index in [2.05, 4.69) is 143 Å². The van der Waals surface area contributed by atoms with Gasteiger partial charge in [0.05, 0.1) is 22.8 Å². The molecule has 3 heterocycles. The van der Waals surface area contributed by atoms with Crippen molar-refractivity contribution in [3.05, 3.63) is 194 Å². The van der Waals surface area contributed by atoms with Gasteiger partial charge in [-0.3, -0.25) is 9.97 Å². The molecule has 9 aromatic rings.